The number of carbonyl (C=O) groups is 1. The van der Waals surface area contributed by atoms with E-state index >= 15 is 0 Å². The first-order chi connectivity index (χ1) is 12.1. The predicted octanol–water partition coefficient (Wildman–Crippen LogP) is 2.32. The molecule has 0 bridgehead atoms. The third kappa shape index (κ3) is 3.10. The summed E-state index contributed by atoms with van der Waals surface area (Å²) in [6.07, 6.45) is 8.16. The van der Waals surface area contributed by atoms with Crippen LogP contribution in [0.3, 0.4) is 0 Å². The fourth-order valence-electron chi connectivity index (χ4n) is 4.40. The number of amides is 1. The first kappa shape index (κ1) is 16.4. The minimum absolute atomic E-state index is 0.0673. The Bertz CT molecular complexity index is 779. The Labute approximate surface area is 148 Å². The van der Waals surface area contributed by atoms with Crippen molar-refractivity contribution < 1.29 is 4.79 Å². The highest BCUT2D eigenvalue weighted by atomic mass is 16.2. The van der Waals surface area contributed by atoms with Gasteiger partial charge in [-0.1, -0.05) is 18.9 Å². The molecule has 0 unspecified atom stereocenters. The van der Waals surface area contributed by atoms with Crippen LogP contribution in [0.25, 0.3) is 0 Å². The van der Waals surface area contributed by atoms with E-state index in [1.54, 1.807) is 6.07 Å². The Kier molecular flexibility index (Phi) is 4.15. The van der Waals surface area contributed by atoms with Crippen molar-refractivity contribution in [3.05, 3.63) is 33.7 Å². The molecule has 1 heterocycles. The van der Waals surface area contributed by atoms with Crippen LogP contribution >= 0.6 is 0 Å². The molecule has 25 heavy (non-hydrogen) atoms. The number of pyridine rings is 1. The van der Waals surface area contributed by atoms with Gasteiger partial charge in [0.05, 0.1) is 6.07 Å². The SMILES string of the molecule is N#CC1(C(=O)N[C@H]2CCc3c(ccc(=O)n3CC3CC3)C2)CCCC1. The van der Waals surface area contributed by atoms with Gasteiger partial charge < -0.3 is 9.88 Å². The summed E-state index contributed by atoms with van der Waals surface area (Å²) in [6, 6.07) is 5.93. The summed E-state index contributed by atoms with van der Waals surface area (Å²) in [5.74, 6) is 0.576. The Balaban J connectivity index is 1.49. The topological polar surface area (TPSA) is 74.9 Å². The van der Waals surface area contributed by atoms with Crippen LogP contribution in [-0.2, 0) is 24.2 Å². The third-order valence-corrected chi connectivity index (χ3v) is 6.16. The van der Waals surface area contributed by atoms with Crippen LogP contribution in [-0.4, -0.2) is 16.5 Å². The van der Waals surface area contributed by atoms with Gasteiger partial charge in [0, 0.05) is 24.3 Å². The fourth-order valence-corrected chi connectivity index (χ4v) is 4.40. The maximum absolute atomic E-state index is 12.7. The van der Waals surface area contributed by atoms with Crippen molar-refractivity contribution >= 4 is 5.91 Å². The molecule has 0 saturated heterocycles. The molecule has 1 aromatic rings. The number of hydrogen-bond donors (Lipinski definition) is 1. The van der Waals surface area contributed by atoms with Gasteiger partial charge in [0.2, 0.25) is 5.91 Å². The quantitative estimate of drug-likeness (QED) is 0.915. The van der Waals surface area contributed by atoms with Crippen LogP contribution in [0.1, 0.15) is 56.2 Å². The number of nitriles is 1. The molecule has 1 amide bonds. The Morgan fingerprint density at radius 1 is 1.28 bits per heavy atom. The minimum atomic E-state index is -0.814. The van der Waals surface area contributed by atoms with Gasteiger partial charge in [-0.05, 0) is 56.4 Å². The molecular weight excluding hydrogens is 314 g/mol. The largest absolute Gasteiger partial charge is 0.352 e. The summed E-state index contributed by atoms with van der Waals surface area (Å²) < 4.78 is 1.96. The van der Waals surface area contributed by atoms with Crippen LogP contribution in [0.4, 0.5) is 0 Å². The van der Waals surface area contributed by atoms with E-state index in [1.807, 2.05) is 10.6 Å². The lowest BCUT2D eigenvalue weighted by Crippen LogP contribution is -2.46. The fraction of sp³-hybridized carbons (Fsp3) is 0.650. The van der Waals surface area contributed by atoms with E-state index in [-0.39, 0.29) is 17.5 Å². The average molecular weight is 339 g/mol. The monoisotopic (exact) mass is 339 g/mol. The number of nitrogens with zero attached hydrogens (tertiary/aromatic N) is 2. The smallest absolute Gasteiger partial charge is 0.250 e. The molecule has 2 fully saturated rings. The van der Waals surface area contributed by atoms with E-state index in [4.69, 9.17) is 0 Å². The molecule has 5 heteroatoms. The summed E-state index contributed by atoms with van der Waals surface area (Å²) in [7, 11) is 0. The molecule has 0 aliphatic heterocycles. The van der Waals surface area contributed by atoms with Gasteiger partial charge >= 0.3 is 0 Å². The molecule has 5 nitrogen and oxygen atoms in total. The van der Waals surface area contributed by atoms with Crippen molar-refractivity contribution in [1.82, 2.24) is 9.88 Å². The van der Waals surface area contributed by atoms with Crippen LogP contribution in [0, 0.1) is 22.7 Å². The first-order valence-corrected chi connectivity index (χ1v) is 9.55. The van der Waals surface area contributed by atoms with Gasteiger partial charge in [0.15, 0.2) is 0 Å². The van der Waals surface area contributed by atoms with Gasteiger partial charge in [-0.15, -0.1) is 0 Å². The van der Waals surface area contributed by atoms with E-state index in [9.17, 15) is 14.9 Å². The second-order valence-electron chi connectivity index (χ2n) is 8.01. The van der Waals surface area contributed by atoms with Gasteiger partial charge in [0.1, 0.15) is 5.41 Å². The van der Waals surface area contributed by atoms with Crippen LogP contribution < -0.4 is 10.9 Å². The highest BCUT2D eigenvalue weighted by Gasteiger charge is 2.42. The second-order valence-corrected chi connectivity index (χ2v) is 8.01. The summed E-state index contributed by atoms with van der Waals surface area (Å²) in [5.41, 5.74) is 1.61. The minimum Gasteiger partial charge on any atom is -0.352 e. The van der Waals surface area contributed by atoms with E-state index < -0.39 is 5.41 Å². The highest BCUT2D eigenvalue weighted by molar-refractivity contribution is 5.86. The number of fused-ring (bicyclic) bond motifs is 1. The summed E-state index contributed by atoms with van der Waals surface area (Å²) in [5, 5.41) is 12.6. The molecule has 1 atom stereocenters. The molecular formula is C20H25N3O2. The summed E-state index contributed by atoms with van der Waals surface area (Å²) >= 11 is 0. The van der Waals surface area contributed by atoms with Crippen LogP contribution in [0.5, 0.6) is 0 Å². The lowest BCUT2D eigenvalue weighted by atomic mass is 9.85. The Hall–Kier alpha value is -2.09. The lowest BCUT2D eigenvalue weighted by molar-refractivity contribution is -0.128. The second kappa shape index (κ2) is 6.33. The number of rotatable bonds is 4. The van der Waals surface area contributed by atoms with Gasteiger partial charge in [-0.2, -0.15) is 5.26 Å². The maximum Gasteiger partial charge on any atom is 0.250 e. The zero-order valence-electron chi connectivity index (χ0n) is 14.6. The van der Waals surface area contributed by atoms with Crippen molar-refractivity contribution in [3.8, 4) is 6.07 Å². The Morgan fingerprint density at radius 2 is 2.04 bits per heavy atom. The van der Waals surface area contributed by atoms with E-state index in [0.717, 1.165) is 44.3 Å². The van der Waals surface area contributed by atoms with Crippen molar-refractivity contribution in [1.29, 1.82) is 5.26 Å². The molecule has 0 spiro atoms. The third-order valence-electron chi connectivity index (χ3n) is 6.16. The highest BCUT2D eigenvalue weighted by Crippen LogP contribution is 2.38. The normalized spacial score (nSPS) is 24.4. The number of aromatic nitrogens is 1. The van der Waals surface area contributed by atoms with E-state index in [0.29, 0.717) is 18.8 Å². The summed E-state index contributed by atoms with van der Waals surface area (Å²) in [6.45, 7) is 0.844. The molecule has 0 aromatic carbocycles. The van der Waals surface area contributed by atoms with Crippen molar-refractivity contribution in [2.75, 3.05) is 0 Å². The van der Waals surface area contributed by atoms with E-state index in [2.05, 4.69) is 11.4 Å². The van der Waals surface area contributed by atoms with E-state index in [1.165, 1.54) is 18.4 Å². The number of hydrogen-bond acceptors (Lipinski definition) is 3. The molecule has 0 radical (unpaired) electrons. The lowest BCUT2D eigenvalue weighted by Gasteiger charge is -2.30. The number of nitrogens with one attached hydrogen (secondary N) is 1. The Morgan fingerprint density at radius 3 is 2.72 bits per heavy atom. The maximum atomic E-state index is 12.7. The molecule has 3 aliphatic rings. The molecule has 132 valence electrons. The van der Waals surface area contributed by atoms with Crippen molar-refractivity contribution in [3.63, 3.8) is 0 Å². The standard InChI is InChI=1S/C20H25N3O2/c21-13-20(9-1-2-10-20)19(25)22-16-6-7-17-15(11-16)5-8-18(24)23(17)12-14-3-4-14/h5,8,14,16H,1-4,6-7,9-12H2,(H,22,25)/t16-/m0/s1. The summed E-state index contributed by atoms with van der Waals surface area (Å²) in [4.78, 5) is 24.9. The zero-order chi connectivity index (χ0) is 17.4. The molecule has 4 rings (SSSR count). The molecule has 2 saturated carbocycles. The average Bonchev–Trinajstić information content (AvgIpc) is 3.30. The van der Waals surface area contributed by atoms with Gasteiger partial charge in [-0.3, -0.25) is 9.59 Å². The first-order valence-electron chi connectivity index (χ1n) is 9.55. The van der Waals surface area contributed by atoms with Crippen LogP contribution in [0.2, 0.25) is 0 Å². The molecule has 1 N–H and O–H groups in total. The van der Waals surface area contributed by atoms with Gasteiger partial charge in [0.25, 0.3) is 5.56 Å². The number of carbonyl (C=O) groups excluding carboxylic acids is 1. The zero-order valence-corrected chi connectivity index (χ0v) is 14.6. The molecule has 3 aliphatic carbocycles. The van der Waals surface area contributed by atoms with Crippen molar-refractivity contribution in [2.45, 2.75) is 70.4 Å². The predicted molar refractivity (Wildman–Crippen MR) is 93.9 cm³/mol. The molecule has 1 aromatic heterocycles. The van der Waals surface area contributed by atoms with Crippen molar-refractivity contribution in [2.24, 2.45) is 11.3 Å². The van der Waals surface area contributed by atoms with Crippen LogP contribution in [0.15, 0.2) is 16.9 Å². The van der Waals surface area contributed by atoms with Gasteiger partial charge in [-0.25, -0.2) is 0 Å².